The molecule has 0 bridgehead atoms. The second-order valence-electron chi connectivity index (χ2n) is 18.0. The Hall–Kier alpha value is -5.24. The summed E-state index contributed by atoms with van der Waals surface area (Å²) in [5, 5.41) is 17.4. The molecule has 0 radical (unpaired) electrons. The van der Waals surface area contributed by atoms with Crippen LogP contribution in [0.3, 0.4) is 0 Å². The molecule has 0 aromatic heterocycles. The van der Waals surface area contributed by atoms with Crippen molar-refractivity contribution in [2.24, 2.45) is 17.2 Å². The Morgan fingerprint density at radius 1 is 0.407 bits per heavy atom. The highest BCUT2D eigenvalue weighted by Crippen LogP contribution is 2.26. The lowest BCUT2D eigenvalue weighted by molar-refractivity contribution is -0.00100. The minimum Gasteiger partial charge on any atom is -1.00 e. The van der Waals surface area contributed by atoms with Crippen LogP contribution in [0.15, 0.2) is 170 Å². The van der Waals surface area contributed by atoms with Gasteiger partial charge in [-0.1, -0.05) is 214 Å². The molecule has 0 unspecified atom stereocenters. The normalized spacial score (nSPS) is 11.3. The molecule has 0 aliphatic carbocycles. The molecule has 432 valence electrons. The van der Waals surface area contributed by atoms with Crippen LogP contribution in [0.25, 0.3) is 0 Å². The summed E-state index contributed by atoms with van der Waals surface area (Å²) < 4.78 is 0. The van der Waals surface area contributed by atoms with Gasteiger partial charge in [0.2, 0.25) is 0 Å². The van der Waals surface area contributed by atoms with E-state index in [4.69, 9.17) is 22.3 Å². The van der Waals surface area contributed by atoms with E-state index >= 15 is 0 Å². The Balaban J connectivity index is 0.000000511. The van der Waals surface area contributed by atoms with Crippen molar-refractivity contribution in [1.82, 2.24) is 9.80 Å². The molecule has 2 aliphatic rings. The number of imide groups is 2. The zero-order valence-electron chi connectivity index (χ0n) is 46.2. The number of alkyl halides is 3. The molecule has 4 amide bonds. The molecule has 8 N–H and O–H groups in total. The smallest absolute Gasteiger partial charge is 0.261 e. The number of fused-ring (bicyclic) bond motifs is 2. The van der Waals surface area contributed by atoms with Crippen LogP contribution in [0.2, 0.25) is 0 Å². The fraction of sp³-hybridized carbons (Fsp3) is 0.250. The first kappa shape index (κ1) is 73.8. The van der Waals surface area contributed by atoms with E-state index in [1.165, 1.54) is 55.8 Å². The summed E-state index contributed by atoms with van der Waals surface area (Å²) in [6.45, 7) is 7.67. The van der Waals surface area contributed by atoms with E-state index in [1.54, 1.807) is 48.5 Å². The summed E-state index contributed by atoms with van der Waals surface area (Å²) in [5.74, 6) is -0.757. The Labute approximate surface area is 536 Å². The maximum Gasteiger partial charge on any atom is 0.261 e. The van der Waals surface area contributed by atoms with Gasteiger partial charge >= 0.3 is 0 Å². The number of carbonyl (C=O) groups excluding carboxylic acids is 4. The van der Waals surface area contributed by atoms with E-state index in [0.29, 0.717) is 60.4 Å². The topological polar surface area (TPSA) is 201 Å². The number of nitrogens with two attached hydrogens (primary N) is 3. The van der Waals surface area contributed by atoms with Crippen molar-refractivity contribution in [2.75, 3.05) is 7.05 Å². The summed E-state index contributed by atoms with van der Waals surface area (Å²) in [6, 6.07) is 55.2. The average Bonchev–Trinajstić information content (AvgIpc) is 4.14. The number of nitrogens with zero attached hydrogens (tertiary/aromatic N) is 2. The predicted molar refractivity (Wildman–Crippen MR) is 330 cm³/mol. The maximum absolute atomic E-state index is 12.2. The lowest BCUT2D eigenvalue weighted by Gasteiger charge is -2.14. The zero-order valence-corrected chi connectivity index (χ0v) is 55.7. The van der Waals surface area contributed by atoms with Gasteiger partial charge in [-0.25, -0.2) is 0 Å². The highest BCUT2D eigenvalue weighted by molar-refractivity contribution is 9.09. The molecule has 7 aromatic carbocycles. The number of halogens is 6. The summed E-state index contributed by atoms with van der Waals surface area (Å²) in [4.78, 5) is 51.6. The van der Waals surface area contributed by atoms with Crippen molar-refractivity contribution in [3.8, 4) is 0 Å². The highest BCUT2D eigenvalue weighted by atomic mass is 79.9. The number of carbonyl (C=O) groups is 4. The van der Waals surface area contributed by atoms with E-state index in [9.17, 15) is 19.2 Å². The number of hydrogen-bond donors (Lipinski definition) is 5. The monoisotopic (exact) mass is 1480 g/mol. The fourth-order valence-corrected chi connectivity index (χ4v) is 9.05. The first-order chi connectivity index (χ1) is 37.7. The number of amidine groups is 1. The van der Waals surface area contributed by atoms with Gasteiger partial charge in [-0.2, -0.15) is 0 Å². The molecule has 0 saturated heterocycles. The molecule has 0 saturated carbocycles. The standard InChI is InChI=1S/C17H15NO2.C16H12BrNO2.C13H19N3.C9H13N.C8H8Br2.CH5N.3BrH/c1-2-12-7-9-13(10-8-12)11-18-16(19)14-5-3-4-6-15(14)17(18)20;17-9-11-5-7-12(8-6-11)10-18-15(19)13-3-1-2-4-14(13)16(18)20;1-2-10-3-5-11(6-4-10)7-8-12(14)9-13(15)16;1-2-8-3-5-9(7-10)6-4-8;9-5-7-1-2-8(6-10)4-3-7;1-2;;;/h3-10H,2,11H2,1H3;1-8H,9-10H2;3-6,14H,2,7-9H2,1H3,(H3,15,16);3-6H,2,7,10H2,1H3;1-4H,5-6H2;2H2,1H3;3*1H/p-3. The second kappa shape index (κ2) is 40.1. The molecule has 7 aromatic rings. The third-order valence-corrected chi connectivity index (χ3v) is 14.5. The van der Waals surface area contributed by atoms with Crippen LogP contribution >= 0.6 is 47.8 Å². The van der Waals surface area contributed by atoms with Crippen molar-refractivity contribution in [3.63, 3.8) is 0 Å². The van der Waals surface area contributed by atoms with Crippen molar-refractivity contribution in [2.45, 2.75) is 94.9 Å². The molecule has 2 aliphatic heterocycles. The lowest BCUT2D eigenvalue weighted by Crippen LogP contribution is -3.00. The number of hydrogen-bond acceptors (Lipinski definition) is 8. The van der Waals surface area contributed by atoms with E-state index in [2.05, 4.69) is 147 Å². The average molecular weight is 1480 g/mol. The fourth-order valence-electron chi connectivity index (χ4n) is 7.93. The summed E-state index contributed by atoms with van der Waals surface area (Å²) >= 11 is 10.2. The van der Waals surface area contributed by atoms with Crippen LogP contribution in [0.5, 0.6) is 0 Å². The van der Waals surface area contributed by atoms with Crippen LogP contribution in [0.4, 0.5) is 0 Å². The molecule has 9 rings (SSSR count). The van der Waals surface area contributed by atoms with Gasteiger partial charge in [-0.15, -0.1) is 0 Å². The molecular weight excluding hydrogens is 1410 g/mol. The van der Waals surface area contributed by atoms with Gasteiger partial charge < -0.3 is 73.6 Å². The Kier molecular flexibility index (Phi) is 36.5. The Bertz CT molecular complexity index is 2750. The minimum absolute atomic E-state index is 0. The zero-order chi connectivity index (χ0) is 57.0. The number of nitrogens with one attached hydrogen (secondary N) is 2. The van der Waals surface area contributed by atoms with E-state index in [0.717, 1.165) is 58.4 Å². The van der Waals surface area contributed by atoms with Gasteiger partial charge in [0, 0.05) is 34.7 Å². The van der Waals surface area contributed by atoms with Crippen molar-refractivity contribution >= 4 is 83.0 Å². The molecule has 0 spiro atoms. The van der Waals surface area contributed by atoms with Crippen molar-refractivity contribution in [1.29, 1.82) is 10.8 Å². The SMILES string of the molecule is BrCc1ccc(CBr)cc1.CCc1ccc(CCC(=N)CC(=N)N)cc1.CCc1ccc(CN)cc1.CCc1ccc(CN2C(=O)c3ccccc3C2=O)cc1.CN.O=C1c2ccccc2C(=O)N1Cc1ccc(CBr)cc1.[Br-].[Br-].[Br-]. The van der Waals surface area contributed by atoms with Crippen LogP contribution in [0, 0.1) is 10.8 Å². The van der Waals surface area contributed by atoms with Gasteiger partial charge in [0.1, 0.15) is 0 Å². The minimum atomic E-state index is -0.213. The van der Waals surface area contributed by atoms with E-state index < -0.39 is 0 Å². The van der Waals surface area contributed by atoms with Crippen LogP contribution in [-0.2, 0) is 61.3 Å². The Morgan fingerprint density at radius 2 is 0.654 bits per heavy atom. The molecular formula is C64H72Br6N7O4-3. The lowest BCUT2D eigenvalue weighted by atomic mass is 10.0. The molecule has 0 atom stereocenters. The Morgan fingerprint density at radius 3 is 0.901 bits per heavy atom. The molecule has 2 heterocycles. The highest BCUT2D eigenvalue weighted by Gasteiger charge is 2.36. The van der Waals surface area contributed by atoms with Gasteiger partial charge in [0.25, 0.3) is 23.6 Å². The molecule has 17 heteroatoms. The number of amides is 4. The van der Waals surface area contributed by atoms with Crippen molar-refractivity contribution < 1.29 is 70.1 Å². The third-order valence-electron chi connectivity index (χ3n) is 12.6. The van der Waals surface area contributed by atoms with Gasteiger partial charge in [-0.05, 0) is 119 Å². The number of rotatable bonds is 16. The summed E-state index contributed by atoms with van der Waals surface area (Å²) in [6.07, 6.45) is 4.98. The second-order valence-corrected chi connectivity index (χ2v) is 19.7. The van der Waals surface area contributed by atoms with Crippen LogP contribution in [-0.4, -0.2) is 52.0 Å². The van der Waals surface area contributed by atoms with E-state index in [1.807, 2.05) is 48.5 Å². The summed E-state index contributed by atoms with van der Waals surface area (Å²) in [5.41, 5.74) is 29.8. The molecule has 11 nitrogen and oxygen atoms in total. The van der Waals surface area contributed by atoms with Gasteiger partial charge in [0.15, 0.2) is 0 Å². The molecule has 0 fully saturated rings. The number of benzene rings is 7. The maximum atomic E-state index is 12.2. The van der Waals surface area contributed by atoms with Crippen molar-refractivity contribution in [3.05, 3.63) is 248 Å². The largest absolute Gasteiger partial charge is 1.00 e. The van der Waals surface area contributed by atoms with Gasteiger partial charge in [0.05, 0.1) is 41.2 Å². The van der Waals surface area contributed by atoms with Crippen LogP contribution < -0.4 is 68.1 Å². The molecule has 81 heavy (non-hydrogen) atoms. The quantitative estimate of drug-likeness (QED) is 0.0399. The first-order valence-corrected chi connectivity index (χ1v) is 29.3. The van der Waals surface area contributed by atoms with Gasteiger partial charge in [-0.3, -0.25) is 34.4 Å². The first-order valence-electron chi connectivity index (χ1n) is 25.9. The number of aryl methyl sites for hydroxylation is 4. The van der Waals surface area contributed by atoms with E-state index in [-0.39, 0.29) is 80.4 Å². The van der Waals surface area contributed by atoms with Crippen LogP contribution in [0.1, 0.15) is 131 Å². The summed E-state index contributed by atoms with van der Waals surface area (Å²) in [7, 11) is 1.50. The third kappa shape index (κ3) is 23.5. The predicted octanol–water partition coefficient (Wildman–Crippen LogP) is 4.72.